The zero-order valence-electron chi connectivity index (χ0n) is 16.2. The van der Waals surface area contributed by atoms with E-state index in [2.05, 4.69) is 31.7 Å². The first-order valence-corrected chi connectivity index (χ1v) is 9.53. The Morgan fingerprint density at radius 2 is 2.04 bits per heavy atom. The molecule has 0 aromatic heterocycles. The Balaban J connectivity index is 1.76. The van der Waals surface area contributed by atoms with Crippen molar-refractivity contribution in [1.82, 2.24) is 0 Å². The number of fused-ring (bicyclic) bond motifs is 1. The van der Waals surface area contributed by atoms with Crippen LogP contribution in [0.2, 0.25) is 0 Å². The first-order valence-electron chi connectivity index (χ1n) is 9.53. The van der Waals surface area contributed by atoms with Gasteiger partial charge < -0.3 is 14.6 Å². The molecule has 142 valence electrons. The average Bonchev–Trinajstić information content (AvgIpc) is 3.16. The van der Waals surface area contributed by atoms with Gasteiger partial charge in [-0.2, -0.15) is 0 Å². The molecule has 0 bridgehead atoms. The lowest BCUT2D eigenvalue weighted by Crippen LogP contribution is -2.13. The van der Waals surface area contributed by atoms with Crippen molar-refractivity contribution in [1.29, 1.82) is 0 Å². The van der Waals surface area contributed by atoms with Crippen molar-refractivity contribution >= 4 is 16.8 Å². The molecule has 27 heavy (non-hydrogen) atoms. The van der Waals surface area contributed by atoms with Gasteiger partial charge in [0.05, 0.1) is 19.3 Å². The molecular formula is C24H28O3. The fourth-order valence-corrected chi connectivity index (χ4v) is 3.66. The standard InChI is InChI=1S/C24H28O3/c1-4-18(9-12-24-20(13-14-27-24)17(2)16-26-3)15-19-10-11-23(25)22-8-6-5-7-21(19)22/h5-8,10-11,13,15,24-25H,2,4,9,12,14,16H2,1,3H3/b18-15+. The molecule has 0 amide bonds. The first kappa shape index (κ1) is 19.4. The summed E-state index contributed by atoms with van der Waals surface area (Å²) in [5, 5.41) is 12.1. The number of hydrogen-bond acceptors (Lipinski definition) is 3. The van der Waals surface area contributed by atoms with Gasteiger partial charge in [-0.25, -0.2) is 0 Å². The Kier molecular flexibility index (Phi) is 6.49. The van der Waals surface area contributed by atoms with Crippen molar-refractivity contribution < 1.29 is 14.6 Å². The van der Waals surface area contributed by atoms with Gasteiger partial charge in [0, 0.05) is 12.5 Å². The number of aromatic hydroxyl groups is 1. The third kappa shape index (κ3) is 4.49. The molecule has 3 rings (SSSR count). The van der Waals surface area contributed by atoms with Gasteiger partial charge >= 0.3 is 0 Å². The van der Waals surface area contributed by atoms with Gasteiger partial charge in [0.25, 0.3) is 0 Å². The molecule has 3 nitrogen and oxygen atoms in total. The smallest absolute Gasteiger partial charge is 0.123 e. The Hall–Kier alpha value is -2.36. The fourth-order valence-electron chi connectivity index (χ4n) is 3.66. The van der Waals surface area contributed by atoms with Crippen molar-refractivity contribution in [2.24, 2.45) is 0 Å². The van der Waals surface area contributed by atoms with E-state index in [9.17, 15) is 5.11 Å². The number of phenolic OH excluding ortho intramolecular Hbond substituents is 1. The molecule has 1 N–H and O–H groups in total. The maximum atomic E-state index is 10.1. The molecule has 0 aliphatic carbocycles. The van der Waals surface area contributed by atoms with Crippen LogP contribution in [0.25, 0.3) is 16.8 Å². The summed E-state index contributed by atoms with van der Waals surface area (Å²) in [4.78, 5) is 0. The lowest BCUT2D eigenvalue weighted by Gasteiger charge is -2.17. The maximum absolute atomic E-state index is 10.1. The van der Waals surface area contributed by atoms with E-state index in [4.69, 9.17) is 9.47 Å². The van der Waals surface area contributed by atoms with Crippen LogP contribution < -0.4 is 0 Å². The molecule has 2 aromatic rings. The SMILES string of the molecule is C=C(COC)C1=CCOC1CC/C(=C/c1ccc(O)c2ccccc12)CC. The predicted octanol–water partition coefficient (Wildman–Crippen LogP) is 5.65. The molecule has 0 spiro atoms. The summed E-state index contributed by atoms with van der Waals surface area (Å²) in [7, 11) is 1.69. The average molecular weight is 364 g/mol. The van der Waals surface area contributed by atoms with E-state index in [0.717, 1.165) is 41.2 Å². The van der Waals surface area contributed by atoms with E-state index >= 15 is 0 Å². The van der Waals surface area contributed by atoms with E-state index in [1.165, 1.54) is 11.1 Å². The van der Waals surface area contributed by atoms with Gasteiger partial charge in [-0.3, -0.25) is 0 Å². The molecule has 1 atom stereocenters. The highest BCUT2D eigenvalue weighted by Crippen LogP contribution is 2.31. The molecule has 1 aliphatic heterocycles. The van der Waals surface area contributed by atoms with Gasteiger partial charge in [-0.15, -0.1) is 0 Å². The van der Waals surface area contributed by atoms with Gasteiger partial charge in [0.1, 0.15) is 5.75 Å². The van der Waals surface area contributed by atoms with Crippen LogP contribution >= 0.6 is 0 Å². The molecule has 1 unspecified atom stereocenters. The van der Waals surface area contributed by atoms with E-state index in [1.807, 2.05) is 24.3 Å². The number of phenols is 1. The van der Waals surface area contributed by atoms with E-state index in [1.54, 1.807) is 13.2 Å². The summed E-state index contributed by atoms with van der Waals surface area (Å²) in [5.41, 5.74) is 4.71. The zero-order chi connectivity index (χ0) is 19.2. The number of allylic oxidation sites excluding steroid dienone is 1. The highest BCUT2D eigenvalue weighted by atomic mass is 16.5. The molecule has 2 aromatic carbocycles. The molecule has 0 fully saturated rings. The van der Waals surface area contributed by atoms with Crippen LogP contribution in [0.3, 0.4) is 0 Å². The Morgan fingerprint density at radius 3 is 2.78 bits per heavy atom. The minimum Gasteiger partial charge on any atom is -0.507 e. The lowest BCUT2D eigenvalue weighted by molar-refractivity contribution is 0.115. The van der Waals surface area contributed by atoms with E-state index in [-0.39, 0.29) is 6.10 Å². The Morgan fingerprint density at radius 1 is 1.26 bits per heavy atom. The number of methoxy groups -OCH3 is 1. The highest BCUT2D eigenvalue weighted by Gasteiger charge is 2.22. The van der Waals surface area contributed by atoms with Gasteiger partial charge in [-0.1, -0.05) is 61.6 Å². The monoisotopic (exact) mass is 364 g/mol. The van der Waals surface area contributed by atoms with Crippen molar-refractivity contribution in [3.05, 3.63) is 71.3 Å². The fraction of sp³-hybridized carbons (Fsp3) is 0.333. The summed E-state index contributed by atoms with van der Waals surface area (Å²) < 4.78 is 11.1. The summed E-state index contributed by atoms with van der Waals surface area (Å²) in [6, 6.07) is 11.7. The minimum atomic E-state index is 0.0964. The Bertz CT molecular complexity index is 876. The van der Waals surface area contributed by atoms with Crippen LogP contribution in [0.5, 0.6) is 5.75 Å². The summed E-state index contributed by atoms with van der Waals surface area (Å²) in [5.74, 6) is 0.326. The van der Waals surface area contributed by atoms with Crippen LogP contribution in [-0.2, 0) is 9.47 Å². The second-order valence-corrected chi connectivity index (χ2v) is 6.93. The molecule has 0 radical (unpaired) electrons. The third-order valence-electron chi connectivity index (χ3n) is 5.15. The van der Waals surface area contributed by atoms with E-state index in [0.29, 0.717) is 19.0 Å². The van der Waals surface area contributed by atoms with Crippen LogP contribution in [0.4, 0.5) is 0 Å². The van der Waals surface area contributed by atoms with Crippen LogP contribution in [0.15, 0.2) is 65.8 Å². The molecule has 0 saturated carbocycles. The molecule has 1 heterocycles. The molecule has 1 aliphatic rings. The Labute approximate surface area is 161 Å². The second-order valence-electron chi connectivity index (χ2n) is 6.93. The van der Waals surface area contributed by atoms with Crippen LogP contribution in [0, 0.1) is 0 Å². The van der Waals surface area contributed by atoms with Gasteiger partial charge in [0.2, 0.25) is 0 Å². The number of rotatable bonds is 8. The number of ether oxygens (including phenoxy) is 2. The largest absolute Gasteiger partial charge is 0.507 e. The number of benzene rings is 2. The van der Waals surface area contributed by atoms with Crippen LogP contribution in [-0.4, -0.2) is 31.5 Å². The quantitative estimate of drug-likeness (QED) is 0.658. The summed E-state index contributed by atoms with van der Waals surface area (Å²) in [6.07, 6.45) is 7.36. The number of hydrogen-bond donors (Lipinski definition) is 1. The normalized spacial score (nSPS) is 17.3. The molecule has 0 saturated heterocycles. The van der Waals surface area contributed by atoms with Crippen LogP contribution in [0.1, 0.15) is 31.7 Å². The predicted molar refractivity (Wildman–Crippen MR) is 112 cm³/mol. The maximum Gasteiger partial charge on any atom is 0.123 e. The summed E-state index contributed by atoms with van der Waals surface area (Å²) in [6.45, 7) is 7.50. The molecule has 3 heteroatoms. The third-order valence-corrected chi connectivity index (χ3v) is 5.15. The van der Waals surface area contributed by atoms with Crippen molar-refractivity contribution in [2.45, 2.75) is 32.3 Å². The van der Waals surface area contributed by atoms with Gasteiger partial charge in [0.15, 0.2) is 0 Å². The lowest BCUT2D eigenvalue weighted by atomic mass is 9.95. The first-order chi connectivity index (χ1) is 13.1. The van der Waals surface area contributed by atoms with Crippen molar-refractivity contribution in [3.63, 3.8) is 0 Å². The topological polar surface area (TPSA) is 38.7 Å². The van der Waals surface area contributed by atoms with Crippen molar-refractivity contribution in [2.75, 3.05) is 20.3 Å². The van der Waals surface area contributed by atoms with E-state index < -0.39 is 0 Å². The minimum absolute atomic E-state index is 0.0964. The zero-order valence-corrected chi connectivity index (χ0v) is 16.2. The second kappa shape index (κ2) is 9.03. The highest BCUT2D eigenvalue weighted by molar-refractivity contribution is 5.94. The van der Waals surface area contributed by atoms with Crippen molar-refractivity contribution in [3.8, 4) is 5.75 Å². The molecular weight excluding hydrogens is 336 g/mol. The van der Waals surface area contributed by atoms with Gasteiger partial charge in [-0.05, 0) is 47.4 Å². The summed E-state index contributed by atoms with van der Waals surface area (Å²) >= 11 is 0.